The Labute approximate surface area is 155 Å². The van der Waals surface area contributed by atoms with Gasteiger partial charge in [-0.25, -0.2) is 4.98 Å². The number of nitrogens with one attached hydrogen (secondary N) is 1. The molecule has 0 radical (unpaired) electrons. The van der Waals surface area contributed by atoms with Gasteiger partial charge in [-0.3, -0.25) is 9.69 Å². The second-order valence-electron chi connectivity index (χ2n) is 6.51. The molecule has 1 aliphatic rings. The minimum atomic E-state index is -0.0778. The second-order valence-corrected chi connectivity index (χ2v) is 7.78. The third-order valence-electron chi connectivity index (χ3n) is 4.73. The molecular weight excluding hydrogens is 354 g/mol. The molecule has 0 saturated carbocycles. The first-order valence-electron chi connectivity index (χ1n) is 8.70. The summed E-state index contributed by atoms with van der Waals surface area (Å²) in [4.78, 5) is 23.6. The quantitative estimate of drug-likeness (QED) is 0.725. The van der Waals surface area contributed by atoms with Gasteiger partial charge in [-0.2, -0.15) is 0 Å². The van der Waals surface area contributed by atoms with Crippen LogP contribution in [0.3, 0.4) is 0 Å². The highest BCUT2D eigenvalue weighted by Gasteiger charge is 2.16. The molecule has 1 aromatic carbocycles. The van der Waals surface area contributed by atoms with Gasteiger partial charge in [-0.15, -0.1) is 11.3 Å². The van der Waals surface area contributed by atoms with Crippen molar-refractivity contribution >= 4 is 33.2 Å². The van der Waals surface area contributed by atoms with E-state index in [-0.39, 0.29) is 5.56 Å². The number of benzene rings is 1. The Bertz CT molecular complexity index is 941. The lowest BCUT2D eigenvalue weighted by Gasteiger charge is -2.18. The monoisotopic (exact) mass is 373 g/mol. The van der Waals surface area contributed by atoms with Gasteiger partial charge in [0, 0.05) is 21.5 Å². The number of likely N-dealkylation sites (tertiary alicyclic amines) is 1. The number of halogens is 1. The minimum Gasteiger partial charge on any atom is -0.309 e. The fraction of sp³-hybridized carbons (Fsp3) is 0.368. The van der Waals surface area contributed by atoms with Crippen molar-refractivity contribution in [2.24, 2.45) is 0 Å². The van der Waals surface area contributed by atoms with E-state index in [0.717, 1.165) is 34.9 Å². The van der Waals surface area contributed by atoms with Crippen LogP contribution < -0.4 is 5.56 Å². The highest BCUT2D eigenvalue weighted by atomic mass is 35.5. The van der Waals surface area contributed by atoms with E-state index in [2.05, 4.69) is 9.88 Å². The lowest BCUT2D eigenvalue weighted by molar-refractivity contribution is 0.270. The van der Waals surface area contributed by atoms with E-state index in [0.29, 0.717) is 17.0 Å². The summed E-state index contributed by atoms with van der Waals surface area (Å²) >= 11 is 7.81. The second kappa shape index (κ2) is 7.28. The minimum absolute atomic E-state index is 0.0778. The van der Waals surface area contributed by atoms with E-state index in [1.807, 2.05) is 29.6 Å². The van der Waals surface area contributed by atoms with E-state index in [4.69, 9.17) is 16.6 Å². The predicted octanol–water partition coefficient (Wildman–Crippen LogP) is 4.68. The van der Waals surface area contributed by atoms with Crippen molar-refractivity contribution in [3.05, 3.63) is 50.8 Å². The molecule has 0 aliphatic carbocycles. The Morgan fingerprint density at radius 2 is 1.88 bits per heavy atom. The van der Waals surface area contributed by atoms with E-state index < -0.39 is 0 Å². The number of hydrogen-bond donors (Lipinski definition) is 1. The molecule has 1 saturated heterocycles. The van der Waals surface area contributed by atoms with Crippen molar-refractivity contribution in [3.8, 4) is 11.1 Å². The number of nitrogens with zero attached hydrogens (tertiary/aromatic N) is 2. The number of aromatic nitrogens is 2. The van der Waals surface area contributed by atoms with E-state index in [1.165, 1.54) is 37.0 Å². The Balaban J connectivity index is 1.70. The molecule has 3 heterocycles. The highest BCUT2D eigenvalue weighted by Crippen LogP contribution is 2.34. The first-order valence-corrected chi connectivity index (χ1v) is 9.96. The van der Waals surface area contributed by atoms with E-state index in [9.17, 15) is 4.79 Å². The third kappa shape index (κ3) is 3.50. The van der Waals surface area contributed by atoms with Gasteiger partial charge >= 0.3 is 0 Å². The van der Waals surface area contributed by atoms with E-state index in [1.54, 1.807) is 0 Å². The summed E-state index contributed by atoms with van der Waals surface area (Å²) in [6, 6.07) is 7.60. The molecule has 1 aliphatic heterocycles. The van der Waals surface area contributed by atoms with E-state index >= 15 is 0 Å². The Hall–Kier alpha value is -1.69. The predicted molar refractivity (Wildman–Crippen MR) is 104 cm³/mol. The number of H-pyrrole nitrogens is 1. The molecule has 130 valence electrons. The molecule has 4 rings (SSSR count). The fourth-order valence-corrected chi connectivity index (χ4v) is 4.65. The maximum absolute atomic E-state index is 12.7. The molecule has 0 unspecified atom stereocenters. The van der Waals surface area contributed by atoms with Crippen LogP contribution in [0, 0.1) is 0 Å². The molecule has 0 bridgehead atoms. The fourth-order valence-electron chi connectivity index (χ4n) is 3.45. The first-order chi connectivity index (χ1) is 12.2. The van der Waals surface area contributed by atoms with Gasteiger partial charge in [0.1, 0.15) is 10.7 Å². The summed E-state index contributed by atoms with van der Waals surface area (Å²) < 4.78 is 0. The topological polar surface area (TPSA) is 49.0 Å². The van der Waals surface area contributed by atoms with Crippen LogP contribution in [0.15, 0.2) is 34.4 Å². The molecule has 1 N–H and O–H groups in total. The van der Waals surface area contributed by atoms with Gasteiger partial charge < -0.3 is 4.98 Å². The Kier molecular flexibility index (Phi) is 4.88. The highest BCUT2D eigenvalue weighted by molar-refractivity contribution is 7.17. The smallest absolute Gasteiger partial charge is 0.260 e. The number of hydrogen-bond acceptors (Lipinski definition) is 4. The van der Waals surface area contributed by atoms with Crippen LogP contribution in [0.2, 0.25) is 5.02 Å². The summed E-state index contributed by atoms with van der Waals surface area (Å²) in [5, 5.41) is 3.26. The summed E-state index contributed by atoms with van der Waals surface area (Å²) in [5.74, 6) is 0.756. The summed E-state index contributed by atoms with van der Waals surface area (Å²) in [5.41, 5.74) is 1.66. The normalized spacial score (nSPS) is 16.2. The van der Waals surface area contributed by atoms with Crippen LogP contribution in [-0.4, -0.2) is 28.0 Å². The van der Waals surface area contributed by atoms with Crippen LogP contribution >= 0.6 is 22.9 Å². The van der Waals surface area contributed by atoms with Crippen molar-refractivity contribution < 1.29 is 0 Å². The molecule has 0 amide bonds. The van der Waals surface area contributed by atoms with Gasteiger partial charge in [0.2, 0.25) is 0 Å². The molecule has 6 heteroatoms. The zero-order valence-electron chi connectivity index (χ0n) is 13.9. The average Bonchev–Trinajstić information content (AvgIpc) is 2.85. The SMILES string of the molecule is O=c1[nH]c(CN2CCCCCC2)nc2scc(-c3ccccc3Cl)c12. The van der Waals surface area contributed by atoms with Gasteiger partial charge in [0.15, 0.2) is 0 Å². The maximum atomic E-state index is 12.7. The lowest BCUT2D eigenvalue weighted by Crippen LogP contribution is -2.26. The Morgan fingerprint density at radius 1 is 1.12 bits per heavy atom. The molecule has 4 nitrogen and oxygen atoms in total. The summed E-state index contributed by atoms with van der Waals surface area (Å²) in [7, 11) is 0. The molecule has 3 aromatic rings. The van der Waals surface area contributed by atoms with Crippen LogP contribution in [0.25, 0.3) is 21.3 Å². The van der Waals surface area contributed by atoms with Crippen LogP contribution in [0.5, 0.6) is 0 Å². The maximum Gasteiger partial charge on any atom is 0.260 e. The third-order valence-corrected chi connectivity index (χ3v) is 5.93. The van der Waals surface area contributed by atoms with Crippen molar-refractivity contribution in [2.45, 2.75) is 32.2 Å². The number of fused-ring (bicyclic) bond motifs is 1. The van der Waals surface area contributed by atoms with Crippen LogP contribution in [0.4, 0.5) is 0 Å². The van der Waals surface area contributed by atoms with Crippen LogP contribution in [-0.2, 0) is 6.54 Å². The van der Waals surface area contributed by atoms with Crippen molar-refractivity contribution in [1.29, 1.82) is 0 Å². The number of rotatable bonds is 3. The van der Waals surface area contributed by atoms with Gasteiger partial charge in [-0.1, -0.05) is 42.6 Å². The molecular formula is C19H20ClN3OS. The van der Waals surface area contributed by atoms with Gasteiger partial charge in [0.05, 0.1) is 11.9 Å². The zero-order valence-corrected chi connectivity index (χ0v) is 15.5. The summed E-state index contributed by atoms with van der Waals surface area (Å²) in [6.07, 6.45) is 5.04. The van der Waals surface area contributed by atoms with Crippen LogP contribution in [0.1, 0.15) is 31.5 Å². The molecule has 0 atom stereocenters. The van der Waals surface area contributed by atoms with Crippen molar-refractivity contribution in [2.75, 3.05) is 13.1 Å². The average molecular weight is 374 g/mol. The molecule has 1 fully saturated rings. The number of aromatic amines is 1. The largest absolute Gasteiger partial charge is 0.309 e. The lowest BCUT2D eigenvalue weighted by atomic mass is 10.1. The van der Waals surface area contributed by atoms with Crippen molar-refractivity contribution in [1.82, 2.24) is 14.9 Å². The van der Waals surface area contributed by atoms with Gasteiger partial charge in [0.25, 0.3) is 5.56 Å². The zero-order chi connectivity index (χ0) is 17.2. The molecule has 2 aromatic heterocycles. The first kappa shape index (κ1) is 16.8. The Morgan fingerprint density at radius 3 is 2.64 bits per heavy atom. The standard InChI is InChI=1S/C19H20ClN3OS/c20-15-8-4-3-7-13(15)14-12-25-19-17(14)18(24)21-16(22-19)11-23-9-5-1-2-6-10-23/h3-4,7-8,12H,1-2,5-6,9-11H2,(H,21,22,24). The molecule has 25 heavy (non-hydrogen) atoms. The molecule has 0 spiro atoms. The number of thiophene rings is 1. The summed E-state index contributed by atoms with van der Waals surface area (Å²) in [6.45, 7) is 2.87. The van der Waals surface area contributed by atoms with Gasteiger partial charge in [-0.05, 0) is 32.0 Å². The van der Waals surface area contributed by atoms with Crippen molar-refractivity contribution in [3.63, 3.8) is 0 Å².